The van der Waals surface area contributed by atoms with Crippen molar-refractivity contribution >= 4 is 27.1 Å². The summed E-state index contributed by atoms with van der Waals surface area (Å²) in [4.78, 5) is 5.10. The van der Waals surface area contributed by atoms with Crippen LogP contribution < -0.4 is 0 Å². The summed E-state index contributed by atoms with van der Waals surface area (Å²) >= 11 is 5.78. The number of halogens is 1. The van der Waals surface area contributed by atoms with Gasteiger partial charge in [0.1, 0.15) is 5.71 Å². The normalized spacial score (nSPS) is 28.6. The van der Waals surface area contributed by atoms with Gasteiger partial charge in [-0.05, 0) is 18.2 Å². The Morgan fingerprint density at radius 2 is 1.94 bits per heavy atom. The quantitative estimate of drug-likeness (QED) is 0.780. The highest BCUT2D eigenvalue weighted by Crippen LogP contribution is 2.30. The van der Waals surface area contributed by atoms with E-state index in [1.54, 1.807) is 24.3 Å². The van der Waals surface area contributed by atoms with Crippen molar-refractivity contribution < 1.29 is 13.3 Å². The van der Waals surface area contributed by atoms with Crippen LogP contribution in [0.25, 0.3) is 0 Å². The van der Waals surface area contributed by atoms with Crippen LogP contribution in [0.1, 0.15) is 5.56 Å². The highest BCUT2D eigenvalue weighted by atomic mass is 35.5. The van der Waals surface area contributed by atoms with Gasteiger partial charge in [-0.15, -0.1) is 0 Å². The Bertz CT molecular complexity index is 619. The Balaban J connectivity index is 2.03. The number of nitrogens with zero attached hydrogens (tertiary/aromatic N) is 1. The maximum Gasteiger partial charge on any atom is 0.184 e. The van der Waals surface area contributed by atoms with Crippen LogP contribution in [-0.2, 0) is 14.7 Å². The van der Waals surface area contributed by atoms with E-state index in [0.717, 1.165) is 0 Å². The van der Waals surface area contributed by atoms with Crippen LogP contribution in [0.2, 0.25) is 5.02 Å². The van der Waals surface area contributed by atoms with Gasteiger partial charge in [0.25, 0.3) is 0 Å². The molecule has 0 aliphatic carbocycles. The van der Waals surface area contributed by atoms with E-state index < -0.39 is 21.2 Å². The summed E-state index contributed by atoms with van der Waals surface area (Å²) in [6.45, 7) is 0. The third kappa shape index (κ3) is 1.66. The van der Waals surface area contributed by atoms with Gasteiger partial charge < -0.3 is 4.84 Å². The number of hydrogen-bond acceptors (Lipinski definition) is 4. The van der Waals surface area contributed by atoms with Gasteiger partial charge in [0.05, 0.1) is 0 Å². The van der Waals surface area contributed by atoms with E-state index >= 15 is 0 Å². The van der Waals surface area contributed by atoms with Crippen molar-refractivity contribution in [3.63, 3.8) is 0 Å². The number of sulfone groups is 1. The highest BCUT2D eigenvalue weighted by molar-refractivity contribution is 7.96. The number of hydrogen-bond donors (Lipinski definition) is 0. The molecule has 88 valence electrons. The lowest BCUT2D eigenvalue weighted by atomic mass is 10.0. The lowest BCUT2D eigenvalue weighted by molar-refractivity contribution is 0.123. The zero-order valence-corrected chi connectivity index (χ0v) is 10.1. The van der Waals surface area contributed by atoms with E-state index in [1.807, 2.05) is 0 Å². The first kappa shape index (κ1) is 10.8. The second-order valence-electron chi connectivity index (χ2n) is 3.89. The molecule has 4 nitrogen and oxygen atoms in total. The minimum absolute atomic E-state index is 0.441. The third-order valence-electron chi connectivity index (χ3n) is 2.79. The zero-order valence-electron chi connectivity index (χ0n) is 8.58. The van der Waals surface area contributed by atoms with Crippen LogP contribution in [0.5, 0.6) is 0 Å². The van der Waals surface area contributed by atoms with E-state index in [2.05, 4.69) is 5.16 Å². The molecule has 17 heavy (non-hydrogen) atoms. The summed E-state index contributed by atoms with van der Waals surface area (Å²) in [5.74, 6) is 0. The fourth-order valence-corrected chi connectivity index (χ4v) is 3.64. The number of rotatable bonds is 1. The number of fused-ring (bicyclic) bond motifs is 1. The summed E-state index contributed by atoms with van der Waals surface area (Å²) in [6, 6.07) is 6.87. The molecule has 0 unspecified atom stereocenters. The van der Waals surface area contributed by atoms with Crippen molar-refractivity contribution in [2.75, 3.05) is 0 Å². The summed E-state index contributed by atoms with van der Waals surface area (Å²) in [6.07, 6.45) is 1.03. The van der Waals surface area contributed by atoms with E-state index in [0.29, 0.717) is 16.3 Å². The molecule has 6 heteroatoms. The van der Waals surface area contributed by atoms with Gasteiger partial charge in [-0.3, -0.25) is 0 Å². The number of oxime groups is 1. The molecule has 0 saturated heterocycles. The summed E-state index contributed by atoms with van der Waals surface area (Å²) in [5.41, 5.74) is 1.16. The minimum atomic E-state index is -3.30. The van der Waals surface area contributed by atoms with E-state index in [4.69, 9.17) is 16.4 Å². The van der Waals surface area contributed by atoms with Gasteiger partial charge >= 0.3 is 0 Å². The molecule has 2 atom stereocenters. The van der Waals surface area contributed by atoms with Crippen LogP contribution in [0, 0.1) is 0 Å². The lowest BCUT2D eigenvalue weighted by Gasteiger charge is -2.08. The van der Waals surface area contributed by atoms with Gasteiger partial charge in [0.15, 0.2) is 21.2 Å². The van der Waals surface area contributed by atoms with Crippen molar-refractivity contribution in [3.05, 3.63) is 46.3 Å². The largest absolute Gasteiger partial charge is 0.386 e. The average Bonchev–Trinajstić information content (AvgIpc) is 2.83. The van der Waals surface area contributed by atoms with Crippen LogP contribution in [0.4, 0.5) is 0 Å². The Labute approximate surface area is 103 Å². The van der Waals surface area contributed by atoms with Crippen molar-refractivity contribution in [3.8, 4) is 0 Å². The topological polar surface area (TPSA) is 55.7 Å². The standard InChI is InChI=1S/C11H8ClNO3S/c12-8-3-1-7(2-4-8)10-11-9(16-13-10)5-6-17(11,14)15/h1-6,9,11H/t9-,11+/m1/s1. The highest BCUT2D eigenvalue weighted by Gasteiger charge is 2.46. The maximum atomic E-state index is 11.8. The predicted octanol–water partition coefficient (Wildman–Crippen LogP) is 1.75. The molecular formula is C11H8ClNO3S. The number of benzene rings is 1. The molecule has 2 aliphatic heterocycles. The van der Waals surface area contributed by atoms with Crippen molar-refractivity contribution in [1.29, 1.82) is 0 Å². The van der Waals surface area contributed by atoms with Crippen molar-refractivity contribution in [1.82, 2.24) is 0 Å². The van der Waals surface area contributed by atoms with Gasteiger partial charge in [-0.1, -0.05) is 28.9 Å². The Morgan fingerprint density at radius 1 is 1.24 bits per heavy atom. The molecule has 1 aromatic carbocycles. The van der Waals surface area contributed by atoms with Crippen molar-refractivity contribution in [2.24, 2.45) is 5.16 Å². The first-order valence-corrected chi connectivity index (χ1v) is 6.98. The molecule has 0 radical (unpaired) electrons. The molecule has 0 bridgehead atoms. The molecule has 2 heterocycles. The first-order valence-electron chi connectivity index (χ1n) is 5.00. The molecule has 3 rings (SSSR count). The van der Waals surface area contributed by atoms with E-state index in [-0.39, 0.29) is 0 Å². The average molecular weight is 270 g/mol. The molecule has 0 spiro atoms. The molecule has 0 N–H and O–H groups in total. The summed E-state index contributed by atoms with van der Waals surface area (Å²) in [7, 11) is -3.30. The van der Waals surface area contributed by atoms with Gasteiger partial charge in [0, 0.05) is 16.0 Å². The van der Waals surface area contributed by atoms with Gasteiger partial charge in [-0.25, -0.2) is 8.42 Å². The monoisotopic (exact) mass is 269 g/mol. The lowest BCUT2D eigenvalue weighted by Crippen LogP contribution is -2.31. The molecule has 0 saturated carbocycles. The fourth-order valence-electron chi connectivity index (χ4n) is 1.97. The molecule has 0 aromatic heterocycles. The minimum Gasteiger partial charge on any atom is -0.386 e. The fraction of sp³-hybridized carbons (Fsp3) is 0.182. The van der Waals surface area contributed by atoms with E-state index in [1.165, 1.54) is 11.5 Å². The first-order chi connectivity index (χ1) is 8.08. The third-order valence-corrected chi connectivity index (χ3v) is 4.78. The maximum absolute atomic E-state index is 11.8. The van der Waals surface area contributed by atoms with Crippen LogP contribution in [0.15, 0.2) is 40.9 Å². The Kier molecular flexibility index (Phi) is 2.27. The molecule has 0 amide bonds. The van der Waals surface area contributed by atoms with Crippen LogP contribution in [0.3, 0.4) is 0 Å². The SMILES string of the molecule is O=S1(=O)C=C[C@H]2ON=C(c3ccc(Cl)cc3)[C@H]21. The Hall–Kier alpha value is -1.33. The second-order valence-corrected chi connectivity index (χ2v) is 6.29. The van der Waals surface area contributed by atoms with Crippen LogP contribution >= 0.6 is 11.6 Å². The molecule has 1 aromatic rings. The van der Waals surface area contributed by atoms with E-state index in [9.17, 15) is 8.42 Å². The zero-order chi connectivity index (χ0) is 12.0. The molecule has 2 aliphatic rings. The van der Waals surface area contributed by atoms with Gasteiger partial charge in [-0.2, -0.15) is 0 Å². The van der Waals surface area contributed by atoms with Crippen LogP contribution in [-0.4, -0.2) is 25.5 Å². The summed E-state index contributed by atoms with van der Waals surface area (Å²) < 4.78 is 23.6. The second kappa shape index (κ2) is 3.58. The predicted molar refractivity (Wildman–Crippen MR) is 64.7 cm³/mol. The summed E-state index contributed by atoms with van der Waals surface area (Å²) in [5, 5.41) is 4.92. The molecule has 0 fully saturated rings. The van der Waals surface area contributed by atoms with Crippen molar-refractivity contribution in [2.45, 2.75) is 11.4 Å². The van der Waals surface area contributed by atoms with Gasteiger partial charge in [0.2, 0.25) is 0 Å². The Morgan fingerprint density at radius 3 is 2.65 bits per heavy atom. The molecular weight excluding hydrogens is 262 g/mol. The smallest absolute Gasteiger partial charge is 0.184 e.